The fraction of sp³-hybridized carbons (Fsp3) is 0.320. The number of allylic oxidation sites excluding steroid dienone is 2. The average Bonchev–Trinajstić information content (AvgIpc) is 2.81. The number of dihydropyridines is 1. The van der Waals surface area contributed by atoms with Crippen LogP contribution < -0.4 is 5.32 Å². The Bertz CT molecular complexity index is 1200. The first-order chi connectivity index (χ1) is 14.6. The molecule has 2 aromatic rings. The lowest BCUT2D eigenvalue weighted by atomic mass is 9.84. The van der Waals surface area contributed by atoms with Crippen LogP contribution in [0, 0.1) is 0 Å². The maximum Gasteiger partial charge on any atom is 0.337 e. The molecule has 31 heavy (non-hydrogen) atoms. The summed E-state index contributed by atoms with van der Waals surface area (Å²) < 4.78 is 32.8. The molecule has 0 bridgehead atoms. The molecule has 2 aromatic carbocycles. The van der Waals surface area contributed by atoms with E-state index >= 15 is 0 Å². The first-order valence-corrected chi connectivity index (χ1v) is 12.0. The van der Waals surface area contributed by atoms with Gasteiger partial charge in [-0.15, -0.1) is 0 Å². The van der Waals surface area contributed by atoms with Crippen molar-refractivity contribution in [3.05, 3.63) is 87.5 Å². The van der Waals surface area contributed by atoms with Crippen molar-refractivity contribution in [3.8, 4) is 0 Å². The molecule has 6 heteroatoms. The predicted molar refractivity (Wildman–Crippen MR) is 122 cm³/mol. The molecule has 0 saturated carbocycles. The molecule has 0 saturated heterocycles. The molecular formula is C25H27NO4S. The number of sulfone groups is 1. The molecule has 1 atom stereocenters. The van der Waals surface area contributed by atoms with E-state index in [9.17, 15) is 13.2 Å². The Hall–Kier alpha value is -2.86. The van der Waals surface area contributed by atoms with Crippen LogP contribution in [0.25, 0.3) is 5.70 Å². The van der Waals surface area contributed by atoms with E-state index in [1.807, 2.05) is 54.6 Å². The van der Waals surface area contributed by atoms with Crippen LogP contribution in [0.15, 0.2) is 70.8 Å². The number of carbonyl (C=O) groups excluding carboxylic acids is 1. The Kier molecular flexibility index (Phi) is 5.30. The number of rotatable bonds is 2. The van der Waals surface area contributed by atoms with Gasteiger partial charge in [-0.1, -0.05) is 54.6 Å². The van der Waals surface area contributed by atoms with Gasteiger partial charge in [-0.3, -0.25) is 0 Å². The summed E-state index contributed by atoms with van der Waals surface area (Å²) in [5, 5.41) is 3.27. The van der Waals surface area contributed by atoms with E-state index in [0.717, 1.165) is 16.7 Å². The minimum absolute atomic E-state index is 0.00545. The van der Waals surface area contributed by atoms with Gasteiger partial charge in [0.15, 0.2) is 9.84 Å². The molecule has 0 aromatic heterocycles. The number of hydrogen-bond donors (Lipinski definition) is 1. The van der Waals surface area contributed by atoms with Gasteiger partial charge in [0, 0.05) is 11.3 Å². The standard InChI is InChI=1S/C25H27NO4S/c1-16-20(24(27)30-25(2,3)4)21(18-11-6-5-7-12-18)23-22(26-16)19-13-9-8-10-17(19)14-15-31(23,28)29/h5-13,21,26H,14-15H2,1-4H3. The molecule has 1 unspecified atom stereocenters. The Morgan fingerprint density at radius 1 is 1.03 bits per heavy atom. The number of carbonyl (C=O) groups is 1. The summed E-state index contributed by atoms with van der Waals surface area (Å²) in [6.45, 7) is 7.22. The lowest BCUT2D eigenvalue weighted by molar-refractivity contribution is -0.150. The zero-order chi connectivity index (χ0) is 22.4. The van der Waals surface area contributed by atoms with Crippen molar-refractivity contribution >= 4 is 21.5 Å². The van der Waals surface area contributed by atoms with Crippen LogP contribution in [-0.4, -0.2) is 25.7 Å². The minimum Gasteiger partial charge on any atom is -0.457 e. The number of esters is 1. The number of benzene rings is 2. The molecule has 0 amide bonds. The molecule has 0 spiro atoms. The van der Waals surface area contributed by atoms with E-state index in [-0.39, 0.29) is 10.7 Å². The van der Waals surface area contributed by atoms with Crippen molar-refractivity contribution in [2.24, 2.45) is 0 Å². The van der Waals surface area contributed by atoms with Crippen LogP contribution in [0.1, 0.15) is 50.3 Å². The maximum atomic E-state index is 13.6. The van der Waals surface area contributed by atoms with Crippen molar-refractivity contribution in [2.75, 3.05) is 5.75 Å². The monoisotopic (exact) mass is 437 g/mol. The van der Waals surface area contributed by atoms with E-state index in [2.05, 4.69) is 5.32 Å². The van der Waals surface area contributed by atoms with Gasteiger partial charge >= 0.3 is 5.97 Å². The summed E-state index contributed by atoms with van der Waals surface area (Å²) >= 11 is 0. The van der Waals surface area contributed by atoms with Crippen molar-refractivity contribution < 1.29 is 17.9 Å². The predicted octanol–water partition coefficient (Wildman–Crippen LogP) is 4.33. The van der Waals surface area contributed by atoms with Gasteiger partial charge in [0.1, 0.15) is 5.60 Å². The van der Waals surface area contributed by atoms with Crippen LogP contribution in [-0.2, 0) is 25.8 Å². The van der Waals surface area contributed by atoms with Crippen LogP contribution in [0.2, 0.25) is 0 Å². The van der Waals surface area contributed by atoms with Crippen molar-refractivity contribution in [2.45, 2.75) is 45.6 Å². The maximum absolute atomic E-state index is 13.6. The molecule has 4 rings (SSSR count). The van der Waals surface area contributed by atoms with Crippen molar-refractivity contribution in [1.29, 1.82) is 0 Å². The highest BCUT2D eigenvalue weighted by molar-refractivity contribution is 7.95. The molecule has 0 radical (unpaired) electrons. The first kappa shape index (κ1) is 21.4. The van der Waals surface area contributed by atoms with Gasteiger partial charge < -0.3 is 10.1 Å². The summed E-state index contributed by atoms with van der Waals surface area (Å²) in [6, 6.07) is 17.0. The smallest absolute Gasteiger partial charge is 0.337 e. The lowest BCUT2D eigenvalue weighted by Crippen LogP contribution is -2.34. The quantitative estimate of drug-likeness (QED) is 0.708. The molecule has 1 N–H and O–H groups in total. The summed E-state index contributed by atoms with van der Waals surface area (Å²) in [5.74, 6) is -1.25. The highest BCUT2D eigenvalue weighted by atomic mass is 32.2. The Morgan fingerprint density at radius 3 is 2.35 bits per heavy atom. The zero-order valence-corrected chi connectivity index (χ0v) is 19.0. The largest absolute Gasteiger partial charge is 0.457 e. The number of aryl methyl sites for hydroxylation is 1. The summed E-state index contributed by atoms with van der Waals surface area (Å²) in [6.07, 6.45) is 0.426. The third-order valence-electron chi connectivity index (χ3n) is 5.53. The van der Waals surface area contributed by atoms with Crippen LogP contribution >= 0.6 is 0 Å². The second-order valence-electron chi connectivity index (χ2n) is 8.97. The van der Waals surface area contributed by atoms with Crippen molar-refractivity contribution in [1.82, 2.24) is 5.32 Å². The summed E-state index contributed by atoms with van der Waals surface area (Å²) in [7, 11) is -3.64. The molecular weight excluding hydrogens is 410 g/mol. The minimum atomic E-state index is -3.64. The van der Waals surface area contributed by atoms with E-state index in [1.165, 1.54) is 0 Å². The van der Waals surface area contributed by atoms with Crippen LogP contribution in [0.5, 0.6) is 0 Å². The van der Waals surface area contributed by atoms with Gasteiger partial charge in [-0.2, -0.15) is 0 Å². The number of fused-ring (bicyclic) bond motifs is 2. The molecule has 0 fully saturated rings. The zero-order valence-electron chi connectivity index (χ0n) is 18.2. The summed E-state index contributed by atoms with van der Waals surface area (Å²) in [5.41, 5.74) is 3.39. The van der Waals surface area contributed by atoms with E-state index in [1.54, 1.807) is 27.7 Å². The number of nitrogens with one attached hydrogen (secondary N) is 1. The topological polar surface area (TPSA) is 72.5 Å². The fourth-order valence-corrected chi connectivity index (χ4v) is 6.04. The number of ether oxygens (including phenoxy) is 1. The van der Waals surface area contributed by atoms with Gasteiger partial charge in [0.2, 0.25) is 0 Å². The lowest BCUT2D eigenvalue weighted by Gasteiger charge is -2.33. The fourth-order valence-electron chi connectivity index (χ4n) is 4.25. The van der Waals surface area contributed by atoms with Crippen molar-refractivity contribution in [3.63, 3.8) is 0 Å². The highest BCUT2D eigenvalue weighted by Gasteiger charge is 2.43. The van der Waals surface area contributed by atoms with Gasteiger partial charge in [-0.05, 0) is 45.2 Å². The molecule has 2 heterocycles. The SMILES string of the molecule is CC1=C(C(=O)OC(C)(C)C)C(c2ccccc2)C2=C(N1)c1ccccc1CCS2(=O)=O. The highest BCUT2D eigenvalue weighted by Crippen LogP contribution is 2.46. The van der Waals surface area contributed by atoms with Gasteiger partial charge in [-0.25, -0.2) is 13.2 Å². The second kappa shape index (κ2) is 7.68. The number of hydrogen-bond acceptors (Lipinski definition) is 5. The van der Waals surface area contributed by atoms with E-state index in [4.69, 9.17) is 4.74 Å². The third kappa shape index (κ3) is 4.04. The van der Waals surface area contributed by atoms with Crippen LogP contribution in [0.4, 0.5) is 0 Å². The molecule has 2 aliphatic rings. The Morgan fingerprint density at radius 2 is 1.68 bits per heavy atom. The molecule has 162 valence electrons. The molecule has 0 aliphatic carbocycles. The molecule has 2 aliphatic heterocycles. The Balaban J connectivity index is 1.99. The van der Waals surface area contributed by atoms with Gasteiger partial charge in [0.25, 0.3) is 0 Å². The van der Waals surface area contributed by atoms with Gasteiger partial charge in [0.05, 0.1) is 27.8 Å². The second-order valence-corrected chi connectivity index (χ2v) is 11.1. The van der Waals surface area contributed by atoms with E-state index < -0.39 is 27.3 Å². The third-order valence-corrected chi connectivity index (χ3v) is 7.38. The summed E-state index contributed by atoms with van der Waals surface area (Å²) in [4.78, 5) is 13.5. The van der Waals surface area contributed by atoms with E-state index in [0.29, 0.717) is 23.4 Å². The first-order valence-electron chi connectivity index (χ1n) is 10.4. The molecule has 5 nitrogen and oxygen atoms in total. The van der Waals surface area contributed by atoms with Crippen LogP contribution in [0.3, 0.4) is 0 Å². The normalized spacial score (nSPS) is 20.3. The Labute approximate surface area is 183 Å². The average molecular weight is 438 g/mol.